The summed E-state index contributed by atoms with van der Waals surface area (Å²) in [6.45, 7) is 4.41. The van der Waals surface area contributed by atoms with E-state index < -0.39 is 0 Å². The van der Waals surface area contributed by atoms with Gasteiger partial charge >= 0.3 is 0 Å². The molecule has 39 heavy (non-hydrogen) atoms. The topological polar surface area (TPSA) is 26.0 Å². The van der Waals surface area contributed by atoms with Crippen LogP contribution in [0.15, 0.2) is 140 Å². The average Bonchev–Trinajstić information content (AvgIpc) is 2.98. The van der Waals surface area contributed by atoms with Gasteiger partial charge in [0.15, 0.2) is 0 Å². The number of aryl methyl sites for hydroxylation is 2. The van der Waals surface area contributed by atoms with Crippen LogP contribution in [0.5, 0.6) is 0 Å². The summed E-state index contributed by atoms with van der Waals surface area (Å²) >= 11 is 0. The monoisotopic (exact) mass is 503 g/mol. The first-order chi connectivity index (χ1) is 19.1. The molecule has 0 radical (unpaired) electrons. The summed E-state index contributed by atoms with van der Waals surface area (Å²) in [6, 6.07) is 43.1. The van der Waals surface area contributed by atoms with E-state index in [1.807, 2.05) is 12.1 Å². The highest BCUT2D eigenvalue weighted by atomic mass is 14.6. The molecule has 0 aromatic heterocycles. The number of hydrogen-bond donors (Lipinski definition) is 1. The van der Waals surface area contributed by atoms with Gasteiger partial charge in [-0.3, -0.25) is 0 Å². The molecule has 1 aliphatic rings. The van der Waals surface area contributed by atoms with Gasteiger partial charge in [0.1, 0.15) is 0 Å². The van der Waals surface area contributed by atoms with E-state index in [1.54, 1.807) is 0 Å². The highest BCUT2D eigenvalue weighted by Crippen LogP contribution is 2.48. The second kappa shape index (κ2) is 10.3. The first kappa shape index (κ1) is 24.7. The summed E-state index contributed by atoms with van der Waals surface area (Å²) in [5.74, 6) is 0. The number of rotatable bonds is 5. The van der Waals surface area contributed by atoms with Crippen LogP contribution in [0.3, 0.4) is 0 Å². The minimum absolute atomic E-state index is 0.386. The van der Waals surface area contributed by atoms with E-state index >= 15 is 0 Å². The van der Waals surface area contributed by atoms with Crippen LogP contribution in [0.25, 0.3) is 27.8 Å². The van der Waals surface area contributed by atoms with Crippen molar-refractivity contribution in [2.24, 2.45) is 0 Å². The van der Waals surface area contributed by atoms with Crippen LogP contribution in [0.2, 0.25) is 0 Å². The van der Waals surface area contributed by atoms with E-state index in [9.17, 15) is 0 Å². The van der Waals surface area contributed by atoms with E-state index in [4.69, 9.17) is 5.73 Å². The molecular weight excluding hydrogens is 470 g/mol. The highest BCUT2D eigenvalue weighted by molar-refractivity contribution is 5.89. The second-order valence-corrected chi connectivity index (χ2v) is 10.5. The Morgan fingerprint density at radius 2 is 1.13 bits per heavy atom. The molecule has 5 aromatic rings. The van der Waals surface area contributed by atoms with Crippen molar-refractivity contribution in [3.8, 4) is 22.3 Å². The Balaban J connectivity index is 1.54. The Bertz CT molecular complexity index is 1690. The zero-order chi connectivity index (χ0) is 26.8. The second-order valence-electron chi connectivity index (χ2n) is 10.5. The fraction of sp³-hybridized carbons (Fsp3) is 0.105. The van der Waals surface area contributed by atoms with Crippen molar-refractivity contribution in [2.75, 3.05) is 5.73 Å². The van der Waals surface area contributed by atoms with Crippen molar-refractivity contribution in [1.82, 2.24) is 0 Å². The Kier molecular flexibility index (Phi) is 6.50. The van der Waals surface area contributed by atoms with Gasteiger partial charge in [-0.1, -0.05) is 133 Å². The third-order valence-corrected chi connectivity index (χ3v) is 8.09. The molecule has 1 aliphatic carbocycles. The first-order valence-electron chi connectivity index (χ1n) is 13.6. The van der Waals surface area contributed by atoms with Gasteiger partial charge in [0.2, 0.25) is 0 Å². The summed E-state index contributed by atoms with van der Waals surface area (Å²) in [5, 5.41) is 0. The number of allylic oxidation sites excluding steroid dienone is 4. The lowest BCUT2D eigenvalue weighted by molar-refractivity contribution is 0.653. The zero-order valence-corrected chi connectivity index (χ0v) is 22.6. The SMILES string of the molecule is Cc1cccc(C2=CCC(c3ccccc3N)(c3cccc(C)c3-c3ccccc3)C=C2)c1-c1ccccc1. The maximum absolute atomic E-state index is 6.71. The van der Waals surface area contributed by atoms with Crippen LogP contribution >= 0.6 is 0 Å². The third-order valence-electron chi connectivity index (χ3n) is 8.09. The molecule has 1 nitrogen and oxygen atoms in total. The minimum Gasteiger partial charge on any atom is -0.398 e. The van der Waals surface area contributed by atoms with Gasteiger partial charge in [-0.15, -0.1) is 0 Å². The van der Waals surface area contributed by atoms with E-state index in [2.05, 4.69) is 141 Å². The summed E-state index contributed by atoms with van der Waals surface area (Å²) in [7, 11) is 0. The lowest BCUT2D eigenvalue weighted by atomic mass is 9.66. The van der Waals surface area contributed by atoms with E-state index in [0.29, 0.717) is 0 Å². The Labute approximate surface area is 232 Å². The molecular formula is C38H33N. The van der Waals surface area contributed by atoms with Crippen LogP contribution < -0.4 is 5.73 Å². The van der Waals surface area contributed by atoms with Crippen LogP contribution in [0.4, 0.5) is 5.69 Å². The van der Waals surface area contributed by atoms with Crippen LogP contribution in [0, 0.1) is 13.8 Å². The Hall–Kier alpha value is -4.62. The quantitative estimate of drug-likeness (QED) is 0.237. The molecule has 0 bridgehead atoms. The Morgan fingerprint density at radius 3 is 1.77 bits per heavy atom. The van der Waals surface area contributed by atoms with Gasteiger partial charge in [0.25, 0.3) is 0 Å². The van der Waals surface area contributed by atoms with Crippen molar-refractivity contribution >= 4 is 11.3 Å². The number of benzene rings is 5. The van der Waals surface area contributed by atoms with Crippen molar-refractivity contribution in [1.29, 1.82) is 0 Å². The predicted octanol–water partition coefficient (Wildman–Crippen LogP) is 9.55. The largest absolute Gasteiger partial charge is 0.398 e. The molecule has 0 saturated carbocycles. The van der Waals surface area contributed by atoms with Gasteiger partial charge in [-0.25, -0.2) is 0 Å². The molecule has 0 spiro atoms. The molecule has 5 aromatic carbocycles. The van der Waals surface area contributed by atoms with Crippen LogP contribution in [-0.2, 0) is 5.41 Å². The minimum atomic E-state index is -0.386. The molecule has 0 amide bonds. The maximum Gasteiger partial charge on any atom is 0.0446 e. The summed E-state index contributed by atoms with van der Waals surface area (Å²) in [6.07, 6.45) is 7.93. The summed E-state index contributed by atoms with van der Waals surface area (Å²) in [5.41, 5.74) is 19.7. The molecule has 0 heterocycles. The average molecular weight is 504 g/mol. The zero-order valence-electron chi connectivity index (χ0n) is 22.6. The lowest BCUT2D eigenvalue weighted by Crippen LogP contribution is -2.28. The molecule has 1 atom stereocenters. The number of nitrogen functional groups attached to an aromatic ring is 1. The van der Waals surface area contributed by atoms with Crippen molar-refractivity contribution in [2.45, 2.75) is 25.7 Å². The van der Waals surface area contributed by atoms with Gasteiger partial charge in [-0.05, 0) is 82.0 Å². The van der Waals surface area contributed by atoms with Crippen LogP contribution in [0.1, 0.15) is 34.2 Å². The number of hydrogen-bond acceptors (Lipinski definition) is 1. The maximum atomic E-state index is 6.71. The smallest absolute Gasteiger partial charge is 0.0446 e. The van der Waals surface area contributed by atoms with Crippen molar-refractivity contribution in [3.05, 3.63) is 167 Å². The number of para-hydroxylation sites is 1. The molecule has 190 valence electrons. The number of anilines is 1. The fourth-order valence-electron chi connectivity index (χ4n) is 6.21. The summed E-state index contributed by atoms with van der Waals surface area (Å²) in [4.78, 5) is 0. The summed E-state index contributed by atoms with van der Waals surface area (Å²) < 4.78 is 0. The number of nitrogens with two attached hydrogens (primary N) is 1. The Morgan fingerprint density at radius 1 is 0.564 bits per heavy atom. The predicted molar refractivity (Wildman–Crippen MR) is 167 cm³/mol. The first-order valence-corrected chi connectivity index (χ1v) is 13.6. The van der Waals surface area contributed by atoms with Gasteiger partial charge in [-0.2, -0.15) is 0 Å². The van der Waals surface area contributed by atoms with Gasteiger partial charge < -0.3 is 5.73 Å². The molecule has 0 fully saturated rings. The molecule has 6 rings (SSSR count). The van der Waals surface area contributed by atoms with E-state index in [-0.39, 0.29) is 5.41 Å². The standard InChI is InChI=1S/C38H33N/c1-27-13-11-19-32(36(27)30-15-5-3-6-16-30)29-23-25-38(26-24-29,33-20-9-10-22-35(33)39)34-21-12-14-28(2)37(34)31-17-7-4-8-18-31/h3-25H,26,39H2,1-2H3. The van der Waals surface area contributed by atoms with E-state index in [0.717, 1.165) is 17.7 Å². The fourth-order valence-corrected chi connectivity index (χ4v) is 6.21. The normalized spacial score (nSPS) is 16.6. The molecule has 1 heteroatoms. The van der Waals surface area contributed by atoms with Gasteiger partial charge in [0, 0.05) is 11.1 Å². The lowest BCUT2D eigenvalue weighted by Gasteiger charge is -2.37. The van der Waals surface area contributed by atoms with Crippen molar-refractivity contribution in [3.63, 3.8) is 0 Å². The third kappa shape index (κ3) is 4.41. The molecule has 1 unspecified atom stereocenters. The molecule has 0 aliphatic heterocycles. The van der Waals surface area contributed by atoms with E-state index in [1.165, 1.54) is 50.1 Å². The highest BCUT2D eigenvalue weighted by Gasteiger charge is 2.37. The molecule has 0 saturated heterocycles. The van der Waals surface area contributed by atoms with Crippen molar-refractivity contribution < 1.29 is 0 Å². The van der Waals surface area contributed by atoms with Crippen LogP contribution in [-0.4, -0.2) is 0 Å². The van der Waals surface area contributed by atoms with Gasteiger partial charge in [0.05, 0.1) is 0 Å². The molecule has 2 N–H and O–H groups in total.